The van der Waals surface area contributed by atoms with Crippen molar-refractivity contribution < 1.29 is 4.79 Å². The van der Waals surface area contributed by atoms with Crippen LogP contribution in [-0.4, -0.2) is 37.5 Å². The molecule has 1 heterocycles. The van der Waals surface area contributed by atoms with Crippen LogP contribution in [-0.2, 0) is 4.79 Å². The van der Waals surface area contributed by atoms with Crippen LogP contribution in [0.5, 0.6) is 0 Å². The van der Waals surface area contributed by atoms with E-state index in [1.54, 1.807) is 19.0 Å². The van der Waals surface area contributed by atoms with Crippen molar-refractivity contribution in [1.29, 1.82) is 0 Å². The maximum Gasteiger partial charge on any atom is 0.239 e. The minimum absolute atomic E-state index is 0.0370. The predicted molar refractivity (Wildman–Crippen MR) is 60.2 cm³/mol. The third-order valence-electron chi connectivity index (χ3n) is 2.79. The minimum Gasteiger partial charge on any atom is -0.347 e. The molecular formula is C11H24N2O. The molecule has 1 rings (SSSR count). The Bertz CT molecular complexity index is 180. The molecule has 0 radical (unpaired) electrons. The number of nitrogens with zero attached hydrogens (tertiary/aromatic N) is 1. The molecule has 0 aromatic heterocycles. The monoisotopic (exact) mass is 200 g/mol. The van der Waals surface area contributed by atoms with Crippen molar-refractivity contribution in [3.8, 4) is 0 Å². The number of likely N-dealkylation sites (N-methyl/N-ethyl adjacent to an activating group) is 1. The smallest absolute Gasteiger partial charge is 0.239 e. The van der Waals surface area contributed by atoms with Crippen molar-refractivity contribution in [2.75, 3.05) is 20.6 Å². The van der Waals surface area contributed by atoms with Gasteiger partial charge in [0.1, 0.15) is 0 Å². The van der Waals surface area contributed by atoms with Gasteiger partial charge in [-0.15, -0.1) is 0 Å². The highest BCUT2D eigenvalue weighted by atomic mass is 16.2. The van der Waals surface area contributed by atoms with Crippen molar-refractivity contribution in [3.63, 3.8) is 0 Å². The summed E-state index contributed by atoms with van der Waals surface area (Å²) in [7, 11) is 3.61. The summed E-state index contributed by atoms with van der Waals surface area (Å²) in [6, 6.07) is 0.0370. The van der Waals surface area contributed by atoms with Gasteiger partial charge in [0.2, 0.25) is 5.91 Å². The Kier molecular flexibility index (Phi) is 5.77. The Hall–Kier alpha value is -0.570. The van der Waals surface area contributed by atoms with Crippen molar-refractivity contribution in [1.82, 2.24) is 10.2 Å². The van der Waals surface area contributed by atoms with Gasteiger partial charge in [0, 0.05) is 14.1 Å². The number of nitrogens with one attached hydrogen (secondary N) is 1. The molecule has 0 aromatic rings. The maximum absolute atomic E-state index is 11.6. The minimum atomic E-state index is 0.0370. The van der Waals surface area contributed by atoms with Gasteiger partial charge in [-0.2, -0.15) is 0 Å². The zero-order valence-electron chi connectivity index (χ0n) is 10.3. The van der Waals surface area contributed by atoms with E-state index in [1.165, 1.54) is 0 Å². The molecule has 3 heteroatoms. The highest BCUT2D eigenvalue weighted by Gasteiger charge is 2.34. The van der Waals surface area contributed by atoms with Crippen LogP contribution in [0.1, 0.15) is 27.7 Å². The molecule has 3 atom stereocenters. The van der Waals surface area contributed by atoms with Crippen molar-refractivity contribution in [3.05, 3.63) is 0 Å². The van der Waals surface area contributed by atoms with Crippen LogP contribution in [0.15, 0.2) is 0 Å². The molecule has 84 valence electrons. The van der Waals surface area contributed by atoms with Crippen LogP contribution in [0, 0.1) is 11.8 Å². The number of carbonyl (C=O) groups is 1. The van der Waals surface area contributed by atoms with Gasteiger partial charge in [-0.1, -0.05) is 27.7 Å². The van der Waals surface area contributed by atoms with Gasteiger partial charge in [0.15, 0.2) is 0 Å². The summed E-state index contributed by atoms with van der Waals surface area (Å²) < 4.78 is 0. The van der Waals surface area contributed by atoms with Crippen molar-refractivity contribution in [2.24, 2.45) is 11.8 Å². The zero-order valence-corrected chi connectivity index (χ0v) is 10.3. The fourth-order valence-corrected chi connectivity index (χ4v) is 1.60. The van der Waals surface area contributed by atoms with Crippen molar-refractivity contribution >= 4 is 5.91 Å². The number of carbonyl (C=O) groups excluding carboxylic acids is 1. The average molecular weight is 200 g/mol. The van der Waals surface area contributed by atoms with E-state index in [2.05, 4.69) is 19.2 Å². The van der Waals surface area contributed by atoms with Crippen molar-refractivity contribution in [2.45, 2.75) is 33.7 Å². The van der Waals surface area contributed by atoms with E-state index in [1.807, 2.05) is 13.8 Å². The number of amides is 1. The topological polar surface area (TPSA) is 32.3 Å². The van der Waals surface area contributed by atoms with Crippen LogP contribution in [0.4, 0.5) is 0 Å². The van der Waals surface area contributed by atoms with Crippen LogP contribution in [0.2, 0.25) is 0 Å². The lowest BCUT2D eigenvalue weighted by Crippen LogP contribution is -2.42. The normalized spacial score (nSPS) is 30.6. The average Bonchev–Trinajstić information content (AvgIpc) is 2.50. The first-order valence-electron chi connectivity index (χ1n) is 5.48. The van der Waals surface area contributed by atoms with Crippen LogP contribution >= 0.6 is 0 Å². The molecule has 1 amide bonds. The van der Waals surface area contributed by atoms with Gasteiger partial charge in [-0.05, 0) is 18.4 Å². The lowest BCUT2D eigenvalue weighted by Gasteiger charge is -2.20. The highest BCUT2D eigenvalue weighted by molar-refractivity contribution is 5.82. The van der Waals surface area contributed by atoms with E-state index in [4.69, 9.17) is 0 Å². The molecule has 1 aliphatic rings. The first-order chi connectivity index (χ1) is 6.54. The van der Waals surface area contributed by atoms with E-state index in [0.29, 0.717) is 11.8 Å². The Balaban J connectivity index is 0.000000791. The maximum atomic E-state index is 11.6. The molecule has 1 N–H and O–H groups in total. The second kappa shape index (κ2) is 6.02. The van der Waals surface area contributed by atoms with Crippen LogP contribution in [0.25, 0.3) is 0 Å². The van der Waals surface area contributed by atoms with E-state index >= 15 is 0 Å². The summed E-state index contributed by atoms with van der Waals surface area (Å²) in [5.74, 6) is 1.27. The summed E-state index contributed by atoms with van der Waals surface area (Å²) in [6.07, 6.45) is 0. The van der Waals surface area contributed by atoms with Gasteiger partial charge >= 0.3 is 0 Å². The molecule has 14 heavy (non-hydrogen) atoms. The molecule has 1 fully saturated rings. The summed E-state index contributed by atoms with van der Waals surface area (Å²) in [5.41, 5.74) is 0. The van der Waals surface area contributed by atoms with Gasteiger partial charge in [0.25, 0.3) is 0 Å². The molecule has 3 nitrogen and oxygen atoms in total. The zero-order chi connectivity index (χ0) is 11.3. The highest BCUT2D eigenvalue weighted by Crippen LogP contribution is 2.21. The molecule has 0 bridgehead atoms. The number of hydrogen-bond acceptors (Lipinski definition) is 2. The Morgan fingerprint density at radius 2 is 1.79 bits per heavy atom. The van der Waals surface area contributed by atoms with E-state index < -0.39 is 0 Å². The number of hydrogen-bond donors (Lipinski definition) is 1. The fraction of sp³-hybridized carbons (Fsp3) is 0.909. The lowest BCUT2D eigenvalue weighted by atomic mass is 9.94. The van der Waals surface area contributed by atoms with Crippen LogP contribution < -0.4 is 5.32 Å². The summed E-state index contributed by atoms with van der Waals surface area (Å²) in [5, 5.41) is 3.25. The van der Waals surface area contributed by atoms with E-state index in [9.17, 15) is 4.79 Å². The molecular weight excluding hydrogens is 176 g/mol. The summed E-state index contributed by atoms with van der Waals surface area (Å²) >= 11 is 0. The fourth-order valence-electron chi connectivity index (χ4n) is 1.60. The Morgan fingerprint density at radius 3 is 2.07 bits per heavy atom. The van der Waals surface area contributed by atoms with Gasteiger partial charge in [-0.3, -0.25) is 4.79 Å². The predicted octanol–water partition coefficient (Wildman–Crippen LogP) is 1.34. The molecule has 0 saturated carbocycles. The SMILES string of the molecule is CC.CC1CNC(C(=O)N(C)C)C1C. The van der Waals surface area contributed by atoms with E-state index in [-0.39, 0.29) is 11.9 Å². The third kappa shape index (κ3) is 2.98. The van der Waals surface area contributed by atoms with E-state index in [0.717, 1.165) is 6.54 Å². The quantitative estimate of drug-likeness (QED) is 0.693. The largest absolute Gasteiger partial charge is 0.347 e. The van der Waals surface area contributed by atoms with Gasteiger partial charge in [-0.25, -0.2) is 0 Å². The van der Waals surface area contributed by atoms with Gasteiger partial charge in [0.05, 0.1) is 6.04 Å². The molecule has 1 aliphatic heterocycles. The number of rotatable bonds is 1. The second-order valence-corrected chi connectivity index (χ2v) is 3.95. The standard InChI is InChI=1S/C9H18N2O.C2H6/c1-6-5-10-8(7(6)2)9(12)11(3)4;1-2/h6-8,10H,5H2,1-4H3;1-2H3. The molecule has 0 spiro atoms. The van der Waals surface area contributed by atoms with Gasteiger partial charge < -0.3 is 10.2 Å². The third-order valence-corrected chi connectivity index (χ3v) is 2.79. The molecule has 3 unspecified atom stereocenters. The summed E-state index contributed by atoms with van der Waals surface area (Å²) in [4.78, 5) is 13.2. The lowest BCUT2D eigenvalue weighted by molar-refractivity contribution is -0.131. The molecule has 1 saturated heterocycles. The molecule has 0 aliphatic carbocycles. The Labute approximate surface area is 87.9 Å². The molecule has 0 aromatic carbocycles. The Morgan fingerprint density at radius 1 is 1.29 bits per heavy atom. The second-order valence-electron chi connectivity index (χ2n) is 3.95. The first kappa shape index (κ1) is 13.4. The van der Waals surface area contributed by atoms with Crippen LogP contribution in [0.3, 0.4) is 0 Å². The summed E-state index contributed by atoms with van der Waals surface area (Å²) in [6.45, 7) is 9.28. The first-order valence-corrected chi connectivity index (χ1v) is 5.48.